The summed E-state index contributed by atoms with van der Waals surface area (Å²) in [6.07, 6.45) is -0.155. The minimum atomic E-state index is -1.57. The van der Waals surface area contributed by atoms with E-state index in [1.54, 1.807) is 12.1 Å². The number of nitrogens with one attached hydrogen (secondary N) is 4. The van der Waals surface area contributed by atoms with Crippen molar-refractivity contribution in [3.8, 4) is 5.75 Å². The lowest BCUT2D eigenvalue weighted by atomic mass is 10.0. The predicted octanol–water partition coefficient (Wildman–Crippen LogP) is -1.16. The van der Waals surface area contributed by atoms with Gasteiger partial charge in [0.05, 0.1) is 6.42 Å². The summed E-state index contributed by atoms with van der Waals surface area (Å²) in [4.78, 5) is 89.5. The number of fused-ring (bicyclic) bond motifs is 1. The topological polar surface area (TPSA) is 232 Å². The van der Waals surface area contributed by atoms with E-state index in [9.17, 15) is 48.9 Å². The number of rotatable bonds is 8. The fourth-order valence-electron chi connectivity index (χ4n) is 4.60. The van der Waals surface area contributed by atoms with Gasteiger partial charge in [-0.1, -0.05) is 33.7 Å². The molecule has 2 fully saturated rings. The van der Waals surface area contributed by atoms with Crippen molar-refractivity contribution in [2.45, 2.75) is 62.8 Å². The van der Waals surface area contributed by atoms with E-state index in [-0.39, 0.29) is 36.6 Å². The third kappa shape index (κ3) is 9.77. The molecule has 17 heteroatoms. The van der Waals surface area contributed by atoms with Gasteiger partial charge in [-0.25, -0.2) is 4.79 Å². The van der Waals surface area contributed by atoms with Crippen molar-refractivity contribution in [1.29, 1.82) is 0 Å². The van der Waals surface area contributed by atoms with Crippen LogP contribution in [0.2, 0.25) is 0 Å². The average molecular weight is 640 g/mol. The van der Waals surface area contributed by atoms with E-state index >= 15 is 0 Å². The van der Waals surface area contributed by atoms with Crippen LogP contribution in [0.5, 0.6) is 5.75 Å². The Hall–Kier alpha value is -3.99. The molecule has 0 aliphatic carbocycles. The second-order valence-electron chi connectivity index (χ2n) is 10.0. The lowest BCUT2D eigenvalue weighted by Crippen LogP contribution is -2.60. The minimum Gasteiger partial charge on any atom is -0.508 e. The minimum absolute atomic E-state index is 0.00520. The molecule has 0 spiro atoms. The second-order valence-corrected chi connectivity index (χ2v) is 12.6. The molecule has 2 saturated heterocycles. The molecule has 5 amide bonds. The van der Waals surface area contributed by atoms with Crippen LogP contribution in [-0.2, 0) is 40.0 Å². The standard InChI is InChI=1S/C26H33N5O10S2/c1-13(32)27-16(9-14-4-6-15(33)7-5-14)22(36)29-18-11-42-43-12-19(26(40)41)30-24(38)20-3-2-8-31(20)25(39)17(10-21(34)35)28-23(18)37/h4-7,16-20,33H,2-3,8-12H2,1H3,(H,27,32)(H,28,37)(H,29,36)(H,30,38)(H,34,35)(H,40,41)/t16-,17?,18?,19-,20-/m0/s1. The lowest BCUT2D eigenvalue weighted by Gasteiger charge is -2.30. The molecule has 15 nitrogen and oxygen atoms in total. The van der Waals surface area contributed by atoms with Crippen molar-refractivity contribution in [3.63, 3.8) is 0 Å². The molecule has 0 aromatic heterocycles. The largest absolute Gasteiger partial charge is 0.508 e. The Labute approximate surface area is 254 Å². The van der Waals surface area contributed by atoms with Gasteiger partial charge >= 0.3 is 11.9 Å². The molecule has 1 aromatic rings. The quantitative estimate of drug-likeness (QED) is 0.167. The normalized spacial score (nSPS) is 24.0. The fraction of sp³-hybridized carbons (Fsp3) is 0.500. The summed E-state index contributed by atoms with van der Waals surface area (Å²) >= 11 is 0. The number of carbonyl (C=O) groups is 7. The fourth-order valence-corrected chi connectivity index (χ4v) is 6.92. The Bertz CT molecular complexity index is 1250. The van der Waals surface area contributed by atoms with E-state index in [4.69, 9.17) is 0 Å². The molecule has 234 valence electrons. The summed E-state index contributed by atoms with van der Waals surface area (Å²) in [7, 11) is 2.06. The van der Waals surface area contributed by atoms with Crippen LogP contribution in [0.25, 0.3) is 0 Å². The number of hydrogen-bond acceptors (Lipinski definition) is 10. The summed E-state index contributed by atoms with van der Waals surface area (Å²) < 4.78 is 0. The summed E-state index contributed by atoms with van der Waals surface area (Å²) in [6.45, 7) is 1.31. The number of nitrogens with zero attached hydrogens (tertiary/aromatic N) is 1. The first-order chi connectivity index (χ1) is 20.3. The van der Waals surface area contributed by atoms with Gasteiger partial charge in [0.25, 0.3) is 0 Å². The first kappa shape index (κ1) is 33.5. The third-order valence-electron chi connectivity index (χ3n) is 6.70. The molecule has 0 bridgehead atoms. The van der Waals surface area contributed by atoms with Crippen LogP contribution >= 0.6 is 21.6 Å². The molecule has 0 radical (unpaired) electrons. The second kappa shape index (κ2) is 15.5. The van der Waals surface area contributed by atoms with Gasteiger partial charge in [-0.2, -0.15) is 0 Å². The summed E-state index contributed by atoms with van der Waals surface area (Å²) in [5.74, 6) is -6.57. The molecule has 2 unspecified atom stereocenters. The molecule has 3 rings (SSSR count). The molecule has 2 aliphatic heterocycles. The van der Waals surface area contributed by atoms with Gasteiger partial charge in [0.15, 0.2) is 0 Å². The van der Waals surface area contributed by atoms with E-state index in [1.807, 2.05) is 0 Å². The number of aromatic hydroxyl groups is 1. The third-order valence-corrected chi connectivity index (χ3v) is 9.12. The van der Waals surface area contributed by atoms with Crippen molar-refractivity contribution in [1.82, 2.24) is 26.2 Å². The molecular weight excluding hydrogens is 606 g/mol. The van der Waals surface area contributed by atoms with Crippen LogP contribution in [0, 0.1) is 0 Å². The van der Waals surface area contributed by atoms with E-state index < -0.39 is 78.1 Å². The van der Waals surface area contributed by atoms with Crippen LogP contribution in [-0.4, -0.2) is 110 Å². The highest BCUT2D eigenvalue weighted by atomic mass is 33.1. The van der Waals surface area contributed by atoms with Crippen molar-refractivity contribution < 1.29 is 48.9 Å². The van der Waals surface area contributed by atoms with Gasteiger partial charge in [-0.3, -0.25) is 28.8 Å². The molecule has 7 N–H and O–H groups in total. The Morgan fingerprint density at radius 3 is 2.33 bits per heavy atom. The van der Waals surface area contributed by atoms with Crippen LogP contribution in [0.1, 0.15) is 31.7 Å². The Balaban J connectivity index is 1.88. The maximum Gasteiger partial charge on any atom is 0.327 e. The Morgan fingerprint density at radius 1 is 1.02 bits per heavy atom. The molecule has 43 heavy (non-hydrogen) atoms. The predicted molar refractivity (Wildman–Crippen MR) is 155 cm³/mol. The summed E-state index contributed by atoms with van der Waals surface area (Å²) in [5.41, 5.74) is 0.598. The van der Waals surface area contributed by atoms with E-state index in [2.05, 4.69) is 21.3 Å². The number of carbonyl (C=O) groups excluding carboxylic acids is 5. The number of carboxylic acids is 2. The zero-order valence-electron chi connectivity index (χ0n) is 23.1. The Morgan fingerprint density at radius 2 is 1.70 bits per heavy atom. The van der Waals surface area contributed by atoms with Gasteiger partial charge in [0.2, 0.25) is 29.5 Å². The number of phenols is 1. The van der Waals surface area contributed by atoms with Crippen LogP contribution in [0.15, 0.2) is 24.3 Å². The van der Waals surface area contributed by atoms with E-state index in [0.29, 0.717) is 12.0 Å². The maximum atomic E-state index is 13.4. The molecule has 2 heterocycles. The van der Waals surface area contributed by atoms with Crippen LogP contribution < -0.4 is 21.3 Å². The summed E-state index contributed by atoms with van der Waals surface area (Å²) in [6, 6.07) is -0.435. The van der Waals surface area contributed by atoms with Crippen LogP contribution in [0.4, 0.5) is 0 Å². The number of aliphatic carboxylic acids is 2. The van der Waals surface area contributed by atoms with Gasteiger partial charge in [0, 0.05) is 31.4 Å². The van der Waals surface area contributed by atoms with Crippen molar-refractivity contribution in [2.24, 2.45) is 0 Å². The van der Waals surface area contributed by atoms with E-state index in [1.165, 1.54) is 19.1 Å². The number of hydrogen-bond donors (Lipinski definition) is 7. The number of amides is 5. The van der Waals surface area contributed by atoms with Crippen LogP contribution in [0.3, 0.4) is 0 Å². The molecule has 0 saturated carbocycles. The van der Waals surface area contributed by atoms with Gasteiger partial charge in [0.1, 0.15) is 36.0 Å². The molecule has 1 aromatic carbocycles. The Kier molecular flexibility index (Phi) is 12.1. The van der Waals surface area contributed by atoms with Crippen molar-refractivity contribution in [2.75, 3.05) is 18.1 Å². The first-order valence-electron chi connectivity index (χ1n) is 13.3. The maximum absolute atomic E-state index is 13.4. The molecule has 5 atom stereocenters. The van der Waals surface area contributed by atoms with Gasteiger partial charge in [-0.15, -0.1) is 0 Å². The molecule has 2 aliphatic rings. The SMILES string of the molecule is CC(=O)N[C@@H](Cc1ccc(O)cc1)C(=O)NC1CSSC[C@@H](C(=O)O)NC(=O)[C@@H]2CCCN2C(=O)C(CC(=O)O)NC1=O. The zero-order valence-corrected chi connectivity index (χ0v) is 24.7. The highest BCUT2D eigenvalue weighted by Gasteiger charge is 2.40. The number of benzene rings is 1. The first-order valence-corrected chi connectivity index (χ1v) is 15.8. The van der Waals surface area contributed by atoms with Gasteiger partial charge < -0.3 is 41.5 Å². The average Bonchev–Trinajstić information content (AvgIpc) is 3.43. The smallest absolute Gasteiger partial charge is 0.327 e. The van der Waals surface area contributed by atoms with E-state index in [0.717, 1.165) is 26.5 Å². The highest BCUT2D eigenvalue weighted by molar-refractivity contribution is 8.76. The van der Waals surface area contributed by atoms with Crippen molar-refractivity contribution >= 4 is 63.1 Å². The zero-order chi connectivity index (χ0) is 31.7. The number of phenolic OH excluding ortho intramolecular Hbond substituents is 1. The van der Waals surface area contributed by atoms with Crippen molar-refractivity contribution in [3.05, 3.63) is 29.8 Å². The summed E-state index contributed by atoms with van der Waals surface area (Å²) in [5, 5.41) is 38.5. The van der Waals surface area contributed by atoms with Gasteiger partial charge in [-0.05, 0) is 30.5 Å². The lowest BCUT2D eigenvalue weighted by molar-refractivity contribution is -0.147. The molecular formula is C26H33N5O10S2. The highest BCUT2D eigenvalue weighted by Crippen LogP contribution is 2.25. The monoisotopic (exact) mass is 639 g/mol. The number of carboxylic acid groups (broad SMARTS) is 2.